The Morgan fingerprint density at radius 1 is 1.28 bits per heavy atom. The van der Waals surface area contributed by atoms with E-state index in [1.54, 1.807) is 13.8 Å². The SMILES string of the molecule is C#CCCCCNC(=O)CC(CC)(CC)C(=O)O. The fourth-order valence-corrected chi connectivity index (χ4v) is 1.83. The van der Waals surface area contributed by atoms with Gasteiger partial charge in [-0.3, -0.25) is 9.59 Å². The summed E-state index contributed by atoms with van der Waals surface area (Å²) in [4.78, 5) is 22.9. The van der Waals surface area contributed by atoms with Gasteiger partial charge in [0.2, 0.25) is 5.91 Å². The van der Waals surface area contributed by atoms with Gasteiger partial charge in [-0.2, -0.15) is 0 Å². The Hall–Kier alpha value is -1.50. The van der Waals surface area contributed by atoms with Crippen molar-refractivity contribution in [1.82, 2.24) is 5.32 Å². The molecule has 0 spiro atoms. The van der Waals surface area contributed by atoms with E-state index in [0.717, 1.165) is 12.8 Å². The number of nitrogens with one attached hydrogen (secondary N) is 1. The molecule has 0 aliphatic heterocycles. The number of hydrogen-bond acceptors (Lipinski definition) is 2. The van der Waals surface area contributed by atoms with Crippen LogP contribution in [0, 0.1) is 17.8 Å². The van der Waals surface area contributed by atoms with E-state index in [-0.39, 0.29) is 12.3 Å². The van der Waals surface area contributed by atoms with Crippen LogP contribution in [-0.4, -0.2) is 23.5 Å². The van der Waals surface area contributed by atoms with Gasteiger partial charge in [0.15, 0.2) is 0 Å². The molecule has 0 aromatic heterocycles. The van der Waals surface area contributed by atoms with Crippen LogP contribution in [0.25, 0.3) is 0 Å². The van der Waals surface area contributed by atoms with Gasteiger partial charge in [-0.1, -0.05) is 13.8 Å². The van der Waals surface area contributed by atoms with Gasteiger partial charge in [0.25, 0.3) is 0 Å². The Morgan fingerprint density at radius 3 is 2.33 bits per heavy atom. The second-order valence-electron chi connectivity index (χ2n) is 4.48. The van der Waals surface area contributed by atoms with Gasteiger partial charge in [0.05, 0.1) is 5.41 Å². The summed E-state index contributed by atoms with van der Waals surface area (Å²) in [6, 6.07) is 0. The smallest absolute Gasteiger partial charge is 0.310 e. The summed E-state index contributed by atoms with van der Waals surface area (Å²) in [6.45, 7) is 4.17. The normalized spacial score (nSPS) is 10.7. The third-order valence-corrected chi connectivity index (χ3v) is 3.38. The van der Waals surface area contributed by atoms with Crippen LogP contribution in [0.3, 0.4) is 0 Å². The molecule has 0 aliphatic rings. The monoisotopic (exact) mass is 253 g/mol. The number of unbranched alkanes of at least 4 members (excludes halogenated alkanes) is 2. The molecule has 0 bridgehead atoms. The van der Waals surface area contributed by atoms with Crippen LogP contribution in [0.4, 0.5) is 0 Å². The van der Waals surface area contributed by atoms with Crippen molar-refractivity contribution in [1.29, 1.82) is 0 Å². The lowest BCUT2D eigenvalue weighted by molar-refractivity contribution is -0.152. The Balaban J connectivity index is 4.12. The number of carboxylic acid groups (broad SMARTS) is 1. The Bertz CT molecular complexity index is 313. The highest BCUT2D eigenvalue weighted by Crippen LogP contribution is 2.30. The minimum atomic E-state index is -0.928. The number of carboxylic acids is 1. The van der Waals surface area contributed by atoms with E-state index in [4.69, 9.17) is 6.42 Å². The minimum absolute atomic E-state index is 0.0461. The van der Waals surface area contributed by atoms with E-state index < -0.39 is 11.4 Å². The Labute approximate surface area is 109 Å². The lowest BCUT2D eigenvalue weighted by atomic mass is 9.79. The highest BCUT2D eigenvalue weighted by atomic mass is 16.4. The van der Waals surface area contributed by atoms with E-state index in [0.29, 0.717) is 25.8 Å². The Morgan fingerprint density at radius 2 is 1.89 bits per heavy atom. The van der Waals surface area contributed by atoms with Crippen LogP contribution in [0.1, 0.15) is 52.4 Å². The molecule has 18 heavy (non-hydrogen) atoms. The summed E-state index contributed by atoms with van der Waals surface area (Å²) in [7, 11) is 0. The molecule has 0 atom stereocenters. The van der Waals surface area contributed by atoms with Crippen molar-refractivity contribution in [3.8, 4) is 12.3 Å². The predicted octanol–water partition coefficient (Wildman–Crippen LogP) is 2.19. The summed E-state index contributed by atoms with van der Waals surface area (Å²) >= 11 is 0. The largest absolute Gasteiger partial charge is 0.481 e. The molecule has 4 heteroatoms. The molecule has 0 unspecified atom stereocenters. The number of amides is 1. The molecular formula is C14H23NO3. The van der Waals surface area contributed by atoms with Gasteiger partial charge in [0.1, 0.15) is 0 Å². The van der Waals surface area contributed by atoms with Crippen molar-refractivity contribution in [2.75, 3.05) is 6.54 Å². The summed E-state index contributed by atoms with van der Waals surface area (Å²) in [5, 5.41) is 12.0. The molecule has 0 aromatic carbocycles. The zero-order valence-electron chi connectivity index (χ0n) is 11.3. The number of aliphatic carboxylic acids is 1. The minimum Gasteiger partial charge on any atom is -0.481 e. The second-order valence-corrected chi connectivity index (χ2v) is 4.48. The molecule has 0 saturated carbocycles. The van der Waals surface area contributed by atoms with Gasteiger partial charge in [-0.05, 0) is 25.7 Å². The van der Waals surface area contributed by atoms with E-state index in [2.05, 4.69) is 11.2 Å². The summed E-state index contributed by atoms with van der Waals surface area (Å²) in [5.74, 6) is 1.45. The van der Waals surface area contributed by atoms with Crippen molar-refractivity contribution in [2.24, 2.45) is 5.41 Å². The molecule has 2 N–H and O–H groups in total. The van der Waals surface area contributed by atoms with Crippen molar-refractivity contribution >= 4 is 11.9 Å². The topological polar surface area (TPSA) is 66.4 Å². The van der Waals surface area contributed by atoms with Gasteiger partial charge in [0, 0.05) is 19.4 Å². The number of terminal acetylenes is 1. The Kier molecular flexibility index (Phi) is 7.86. The van der Waals surface area contributed by atoms with E-state index >= 15 is 0 Å². The third kappa shape index (κ3) is 5.22. The number of hydrogen-bond donors (Lipinski definition) is 2. The van der Waals surface area contributed by atoms with Crippen molar-refractivity contribution in [2.45, 2.75) is 52.4 Å². The van der Waals surface area contributed by atoms with Crippen LogP contribution < -0.4 is 5.32 Å². The van der Waals surface area contributed by atoms with Crippen LogP contribution in [0.15, 0.2) is 0 Å². The standard InChI is InChI=1S/C14H23NO3/c1-4-7-8-9-10-15-12(16)11-14(5-2,6-3)13(17)18/h1H,5-11H2,2-3H3,(H,15,16)(H,17,18). The van der Waals surface area contributed by atoms with Crippen LogP contribution >= 0.6 is 0 Å². The second kappa shape index (κ2) is 8.57. The van der Waals surface area contributed by atoms with Crippen LogP contribution in [-0.2, 0) is 9.59 Å². The molecule has 0 radical (unpaired) electrons. The molecule has 1 amide bonds. The maximum Gasteiger partial charge on any atom is 0.310 e. The zero-order valence-corrected chi connectivity index (χ0v) is 11.3. The molecule has 0 fully saturated rings. The van der Waals surface area contributed by atoms with E-state index in [1.807, 2.05) is 0 Å². The number of carbonyl (C=O) groups is 2. The molecule has 0 aromatic rings. The molecular weight excluding hydrogens is 230 g/mol. The van der Waals surface area contributed by atoms with Crippen LogP contribution in [0.5, 0.6) is 0 Å². The summed E-state index contributed by atoms with van der Waals surface area (Å²) in [6.07, 6.45) is 8.50. The first kappa shape index (κ1) is 16.5. The highest BCUT2D eigenvalue weighted by molar-refractivity contribution is 5.84. The van der Waals surface area contributed by atoms with E-state index in [9.17, 15) is 14.7 Å². The molecule has 0 heterocycles. The molecule has 0 saturated heterocycles. The summed E-state index contributed by atoms with van der Waals surface area (Å²) in [5.41, 5.74) is -0.928. The molecule has 0 aliphatic carbocycles. The fourth-order valence-electron chi connectivity index (χ4n) is 1.83. The first-order valence-corrected chi connectivity index (χ1v) is 6.46. The van der Waals surface area contributed by atoms with Gasteiger partial charge >= 0.3 is 5.97 Å². The van der Waals surface area contributed by atoms with Gasteiger partial charge in [-0.25, -0.2) is 0 Å². The van der Waals surface area contributed by atoms with Gasteiger partial charge in [-0.15, -0.1) is 12.3 Å². The quantitative estimate of drug-likeness (QED) is 0.489. The zero-order chi connectivity index (χ0) is 14.0. The lowest BCUT2D eigenvalue weighted by Gasteiger charge is -2.25. The fraction of sp³-hybridized carbons (Fsp3) is 0.714. The van der Waals surface area contributed by atoms with Crippen LogP contribution in [0.2, 0.25) is 0 Å². The number of rotatable bonds is 9. The van der Waals surface area contributed by atoms with Gasteiger partial charge < -0.3 is 10.4 Å². The molecule has 0 rings (SSSR count). The van der Waals surface area contributed by atoms with Crippen molar-refractivity contribution in [3.63, 3.8) is 0 Å². The third-order valence-electron chi connectivity index (χ3n) is 3.38. The number of carbonyl (C=O) groups excluding carboxylic acids is 1. The average molecular weight is 253 g/mol. The average Bonchev–Trinajstić information content (AvgIpc) is 2.35. The molecule has 102 valence electrons. The first-order valence-electron chi connectivity index (χ1n) is 6.46. The maximum absolute atomic E-state index is 11.7. The highest BCUT2D eigenvalue weighted by Gasteiger charge is 2.36. The van der Waals surface area contributed by atoms with Crippen molar-refractivity contribution in [3.05, 3.63) is 0 Å². The first-order chi connectivity index (χ1) is 8.52. The maximum atomic E-state index is 11.7. The molecule has 4 nitrogen and oxygen atoms in total. The van der Waals surface area contributed by atoms with Crippen molar-refractivity contribution < 1.29 is 14.7 Å². The lowest BCUT2D eigenvalue weighted by Crippen LogP contribution is -2.37. The summed E-state index contributed by atoms with van der Waals surface area (Å²) < 4.78 is 0. The van der Waals surface area contributed by atoms with E-state index in [1.165, 1.54) is 0 Å². The predicted molar refractivity (Wildman–Crippen MR) is 71.0 cm³/mol.